The van der Waals surface area contributed by atoms with Crippen LogP contribution >= 0.6 is 11.6 Å². The van der Waals surface area contributed by atoms with Gasteiger partial charge in [-0.15, -0.1) is 0 Å². The Morgan fingerprint density at radius 1 is 1.06 bits per heavy atom. The first-order valence-corrected chi connectivity index (χ1v) is 14.0. The molecule has 2 aliphatic rings. The number of carbonyl (C=O) groups excluding carboxylic acids is 1. The second-order valence-electron chi connectivity index (χ2n) is 9.23. The van der Waals surface area contributed by atoms with Crippen LogP contribution in [0, 0.1) is 11.6 Å². The Bertz CT molecular complexity index is 1180. The minimum atomic E-state index is -4.32. The summed E-state index contributed by atoms with van der Waals surface area (Å²) >= 11 is 5.93. The summed E-state index contributed by atoms with van der Waals surface area (Å²) in [5.41, 5.74) is -0.402. The molecule has 7 nitrogen and oxygen atoms in total. The lowest BCUT2D eigenvalue weighted by Crippen LogP contribution is -2.57. The van der Waals surface area contributed by atoms with Crippen molar-refractivity contribution >= 4 is 33.3 Å². The van der Waals surface area contributed by atoms with E-state index in [1.807, 2.05) is 0 Å². The van der Waals surface area contributed by atoms with Crippen LogP contribution in [0.15, 0.2) is 47.4 Å². The fourth-order valence-electron chi connectivity index (χ4n) is 5.10. The smallest absolute Gasteiger partial charge is 0.320 e. The predicted molar refractivity (Wildman–Crippen MR) is 134 cm³/mol. The first kappa shape index (κ1) is 26.6. The molecule has 2 saturated heterocycles. The number of hydrogen-bond donors (Lipinski definition) is 1. The van der Waals surface area contributed by atoms with Crippen LogP contribution in [0.3, 0.4) is 0 Å². The van der Waals surface area contributed by atoms with Crippen molar-refractivity contribution in [2.24, 2.45) is 0 Å². The van der Waals surface area contributed by atoms with Gasteiger partial charge in [-0.3, -0.25) is 4.31 Å². The van der Waals surface area contributed by atoms with E-state index in [2.05, 4.69) is 0 Å². The standard InChI is InChI=1S/C25H30ClF2N3O4S/c26-18-6-9-22(10-7-18)36(34,35)31(24-16-19(27)8-11-23(24)28)21-5-3-13-29(17-21)25(33)30-14-2-1-4-20(30)12-15-32/h6-11,16,20-21,32H,1-5,12-15,17H2. The summed E-state index contributed by atoms with van der Waals surface area (Å²) in [6.07, 6.45) is 3.98. The Hall–Kier alpha value is -2.43. The van der Waals surface area contributed by atoms with E-state index >= 15 is 0 Å². The topological polar surface area (TPSA) is 81.2 Å². The molecule has 2 aromatic rings. The molecule has 0 aliphatic carbocycles. The fourth-order valence-corrected chi connectivity index (χ4v) is 6.90. The fraction of sp³-hybridized carbons (Fsp3) is 0.480. The van der Waals surface area contributed by atoms with Crippen molar-refractivity contribution in [2.75, 3.05) is 30.5 Å². The molecular weight excluding hydrogens is 512 g/mol. The summed E-state index contributed by atoms with van der Waals surface area (Å²) in [6, 6.07) is 7.07. The molecule has 11 heteroatoms. The minimum absolute atomic E-state index is 0.0248. The summed E-state index contributed by atoms with van der Waals surface area (Å²) in [5, 5.41) is 9.77. The molecule has 0 bridgehead atoms. The first-order chi connectivity index (χ1) is 17.2. The van der Waals surface area contributed by atoms with E-state index in [0.29, 0.717) is 37.4 Å². The molecule has 0 spiro atoms. The van der Waals surface area contributed by atoms with Gasteiger partial charge < -0.3 is 14.9 Å². The molecule has 2 heterocycles. The zero-order valence-electron chi connectivity index (χ0n) is 19.8. The van der Waals surface area contributed by atoms with Gasteiger partial charge in [0.2, 0.25) is 0 Å². The van der Waals surface area contributed by atoms with E-state index in [-0.39, 0.29) is 30.1 Å². The molecule has 0 radical (unpaired) electrons. The lowest BCUT2D eigenvalue weighted by atomic mass is 9.99. The number of carbonyl (C=O) groups is 1. The number of urea groups is 1. The van der Waals surface area contributed by atoms with Gasteiger partial charge in [0.05, 0.1) is 16.6 Å². The third-order valence-electron chi connectivity index (χ3n) is 6.85. The van der Waals surface area contributed by atoms with Crippen LogP contribution in [0.2, 0.25) is 5.02 Å². The lowest BCUT2D eigenvalue weighted by molar-refractivity contribution is 0.0949. The van der Waals surface area contributed by atoms with Crippen molar-refractivity contribution in [3.05, 3.63) is 59.1 Å². The maximum atomic E-state index is 15.0. The first-order valence-electron chi connectivity index (χ1n) is 12.1. The molecule has 2 amide bonds. The highest BCUT2D eigenvalue weighted by molar-refractivity contribution is 7.92. The highest BCUT2D eigenvalue weighted by Gasteiger charge is 2.39. The van der Waals surface area contributed by atoms with Crippen LogP contribution in [-0.2, 0) is 10.0 Å². The summed E-state index contributed by atoms with van der Waals surface area (Å²) in [5.74, 6) is -1.65. The molecule has 36 heavy (non-hydrogen) atoms. The highest BCUT2D eigenvalue weighted by Crippen LogP contribution is 2.33. The van der Waals surface area contributed by atoms with Gasteiger partial charge in [0.1, 0.15) is 11.6 Å². The van der Waals surface area contributed by atoms with Gasteiger partial charge in [0, 0.05) is 43.4 Å². The Morgan fingerprint density at radius 2 is 1.81 bits per heavy atom. The SMILES string of the molecule is O=C(N1CCCC(N(c2cc(F)ccc2F)S(=O)(=O)c2ccc(Cl)cc2)C1)N1CCCCC1CCO. The number of rotatable bonds is 6. The predicted octanol–water partition coefficient (Wildman–Crippen LogP) is 4.63. The molecule has 2 fully saturated rings. The number of benzene rings is 2. The van der Waals surface area contributed by atoms with Crippen LogP contribution in [0.25, 0.3) is 0 Å². The molecule has 2 aliphatic heterocycles. The molecule has 4 rings (SSSR count). The Kier molecular flexibility index (Phi) is 8.37. The molecule has 2 aromatic carbocycles. The number of hydrogen-bond acceptors (Lipinski definition) is 4. The summed E-state index contributed by atoms with van der Waals surface area (Å²) in [4.78, 5) is 16.7. The number of nitrogens with zero attached hydrogens (tertiary/aromatic N) is 3. The summed E-state index contributed by atoms with van der Waals surface area (Å²) < 4.78 is 57.6. The Labute approximate surface area is 215 Å². The number of aliphatic hydroxyl groups is 1. The van der Waals surface area contributed by atoms with Crippen molar-refractivity contribution in [2.45, 2.75) is 55.5 Å². The number of likely N-dealkylation sites (tertiary alicyclic amines) is 2. The van der Waals surface area contributed by atoms with E-state index < -0.39 is 33.4 Å². The number of amides is 2. The largest absolute Gasteiger partial charge is 0.396 e. The highest BCUT2D eigenvalue weighted by atomic mass is 35.5. The molecular formula is C25H30ClF2N3O4S. The van der Waals surface area contributed by atoms with Crippen LogP contribution in [0.5, 0.6) is 0 Å². The number of sulfonamides is 1. The molecule has 0 aromatic heterocycles. The molecule has 2 atom stereocenters. The van der Waals surface area contributed by atoms with Gasteiger partial charge >= 0.3 is 6.03 Å². The van der Waals surface area contributed by atoms with Gasteiger partial charge in [-0.1, -0.05) is 11.6 Å². The van der Waals surface area contributed by atoms with Crippen molar-refractivity contribution in [3.63, 3.8) is 0 Å². The zero-order valence-corrected chi connectivity index (χ0v) is 21.4. The second-order valence-corrected chi connectivity index (χ2v) is 11.5. The van der Waals surface area contributed by atoms with Gasteiger partial charge in [0.25, 0.3) is 10.0 Å². The van der Waals surface area contributed by atoms with E-state index in [1.54, 1.807) is 9.80 Å². The monoisotopic (exact) mass is 541 g/mol. The van der Waals surface area contributed by atoms with Crippen LogP contribution in [0.1, 0.15) is 38.5 Å². The molecule has 0 saturated carbocycles. The summed E-state index contributed by atoms with van der Waals surface area (Å²) in [7, 11) is -4.32. The average molecular weight is 542 g/mol. The van der Waals surface area contributed by atoms with Crippen molar-refractivity contribution in [1.82, 2.24) is 9.80 Å². The van der Waals surface area contributed by atoms with E-state index in [9.17, 15) is 27.1 Å². The maximum absolute atomic E-state index is 15.0. The van der Waals surface area contributed by atoms with Gasteiger partial charge in [0.15, 0.2) is 0 Å². The normalized spacial score (nSPS) is 20.9. The van der Waals surface area contributed by atoms with Crippen LogP contribution in [0.4, 0.5) is 19.3 Å². The Balaban J connectivity index is 1.68. The van der Waals surface area contributed by atoms with Gasteiger partial charge in [-0.25, -0.2) is 22.0 Å². The third kappa shape index (κ3) is 5.60. The number of aliphatic hydroxyl groups excluding tert-OH is 1. The maximum Gasteiger partial charge on any atom is 0.320 e. The van der Waals surface area contributed by atoms with Gasteiger partial charge in [-0.05, 0) is 74.9 Å². The van der Waals surface area contributed by atoms with E-state index in [1.165, 1.54) is 24.3 Å². The molecule has 1 N–H and O–H groups in total. The number of anilines is 1. The second kappa shape index (κ2) is 11.3. The minimum Gasteiger partial charge on any atom is -0.396 e. The van der Waals surface area contributed by atoms with Gasteiger partial charge in [-0.2, -0.15) is 0 Å². The van der Waals surface area contributed by atoms with Crippen molar-refractivity contribution < 1.29 is 27.1 Å². The van der Waals surface area contributed by atoms with Crippen molar-refractivity contribution in [3.8, 4) is 0 Å². The van der Waals surface area contributed by atoms with E-state index in [4.69, 9.17) is 11.6 Å². The Morgan fingerprint density at radius 3 is 2.53 bits per heavy atom. The average Bonchev–Trinajstić information content (AvgIpc) is 2.87. The molecule has 2 unspecified atom stereocenters. The lowest BCUT2D eigenvalue weighted by Gasteiger charge is -2.43. The van der Waals surface area contributed by atoms with E-state index in [0.717, 1.165) is 41.8 Å². The number of halogens is 3. The van der Waals surface area contributed by atoms with Crippen LogP contribution < -0.4 is 4.31 Å². The zero-order chi connectivity index (χ0) is 25.9. The third-order valence-corrected chi connectivity index (χ3v) is 8.98. The molecule has 196 valence electrons. The van der Waals surface area contributed by atoms with Crippen molar-refractivity contribution in [1.29, 1.82) is 0 Å². The summed E-state index contributed by atoms with van der Waals surface area (Å²) in [6.45, 7) is 1.00. The van der Waals surface area contributed by atoms with Crippen LogP contribution in [-0.4, -0.2) is 67.7 Å². The number of piperidine rings is 2. The quantitative estimate of drug-likeness (QED) is 0.578.